The molecule has 0 aromatic heterocycles. The van der Waals surface area contributed by atoms with Gasteiger partial charge in [-0.15, -0.1) is 0 Å². The number of carbonyl (C=O) groups is 1. The first kappa shape index (κ1) is 23.9. The van der Waals surface area contributed by atoms with Gasteiger partial charge in [-0.1, -0.05) is 0 Å². The minimum atomic E-state index is -1.18. The first-order valence-electron chi connectivity index (χ1n) is 3.67. The molecule has 0 aliphatic rings. The number of hydrogen-bond donors (Lipinski definition) is 3. The number of aliphatic carboxylic acids is 1. The van der Waals surface area contributed by atoms with Gasteiger partial charge in [0, 0.05) is 13.8 Å². The topological polar surface area (TPSA) is 131 Å². The standard InChI is InChI=1S/C4H9NO3.2C2H3N.Na.H/c1-2(6)3(5)4(7)8;2*1-2-3;;/h2-3,6H,5H2,1H3,(H,7,8);2*1H3;;/t2-,3+;;;;/m1..../s1. The molecular formula is C8H16N3NaO3. The maximum atomic E-state index is 9.86. The van der Waals surface area contributed by atoms with Gasteiger partial charge in [-0.25, -0.2) is 0 Å². The van der Waals surface area contributed by atoms with Crippen molar-refractivity contribution < 1.29 is 15.0 Å². The van der Waals surface area contributed by atoms with E-state index in [9.17, 15) is 4.79 Å². The fourth-order valence-corrected chi connectivity index (χ4v) is 0.206. The number of hydrogen-bond acceptors (Lipinski definition) is 5. The number of nitrogens with two attached hydrogens (primary N) is 1. The molecule has 0 spiro atoms. The molecule has 0 radical (unpaired) electrons. The van der Waals surface area contributed by atoms with Crippen molar-refractivity contribution >= 4 is 35.5 Å². The van der Waals surface area contributed by atoms with E-state index >= 15 is 0 Å². The van der Waals surface area contributed by atoms with Crippen LogP contribution in [0.1, 0.15) is 20.8 Å². The Morgan fingerprint density at radius 3 is 1.53 bits per heavy atom. The third-order valence-corrected chi connectivity index (χ3v) is 0.805. The van der Waals surface area contributed by atoms with E-state index in [0.717, 1.165) is 0 Å². The second kappa shape index (κ2) is 19.0. The molecule has 0 amide bonds. The van der Waals surface area contributed by atoms with Crippen molar-refractivity contribution in [2.24, 2.45) is 5.73 Å². The molecule has 0 aliphatic carbocycles. The van der Waals surface area contributed by atoms with Crippen LogP contribution in [0, 0.1) is 22.7 Å². The van der Waals surface area contributed by atoms with Crippen molar-refractivity contribution in [1.29, 1.82) is 10.5 Å². The summed E-state index contributed by atoms with van der Waals surface area (Å²) in [6, 6.07) is 2.34. The minimum absolute atomic E-state index is 0. The molecule has 0 saturated carbocycles. The van der Waals surface area contributed by atoms with Gasteiger partial charge in [-0.2, -0.15) is 10.5 Å². The Bertz CT molecular complexity index is 208. The van der Waals surface area contributed by atoms with Gasteiger partial charge in [0.15, 0.2) is 0 Å². The molecule has 82 valence electrons. The number of rotatable bonds is 2. The van der Waals surface area contributed by atoms with E-state index in [1.807, 2.05) is 0 Å². The molecule has 0 aromatic rings. The summed E-state index contributed by atoms with van der Waals surface area (Å²) in [6.07, 6.45) is -0.979. The van der Waals surface area contributed by atoms with Crippen LogP contribution >= 0.6 is 0 Å². The van der Waals surface area contributed by atoms with E-state index in [0.29, 0.717) is 0 Å². The van der Waals surface area contributed by atoms with Crippen LogP contribution in [0.4, 0.5) is 0 Å². The molecule has 0 heterocycles. The zero-order chi connectivity index (χ0) is 12.1. The molecule has 7 heteroatoms. The van der Waals surface area contributed by atoms with E-state index in [1.54, 1.807) is 12.1 Å². The fourth-order valence-electron chi connectivity index (χ4n) is 0.206. The Morgan fingerprint density at radius 2 is 1.53 bits per heavy atom. The van der Waals surface area contributed by atoms with Gasteiger partial charge in [-0.3, -0.25) is 4.79 Å². The summed E-state index contributed by atoms with van der Waals surface area (Å²) in [7, 11) is 0. The zero-order valence-corrected chi connectivity index (χ0v) is 8.43. The van der Waals surface area contributed by atoms with Crippen LogP contribution in [0.2, 0.25) is 0 Å². The Labute approximate surface area is 112 Å². The van der Waals surface area contributed by atoms with Gasteiger partial charge < -0.3 is 15.9 Å². The molecule has 15 heavy (non-hydrogen) atoms. The summed E-state index contributed by atoms with van der Waals surface area (Å²) in [4.78, 5) is 9.86. The predicted octanol–water partition coefficient (Wildman–Crippen LogP) is -0.810. The molecule has 0 rings (SSSR count). The zero-order valence-electron chi connectivity index (χ0n) is 8.43. The summed E-state index contributed by atoms with van der Waals surface area (Å²) in [5.74, 6) is -1.18. The Kier molecular flexibility index (Phi) is 30.3. The summed E-state index contributed by atoms with van der Waals surface area (Å²) in [6.45, 7) is 4.19. The van der Waals surface area contributed by atoms with Gasteiger partial charge in [0.05, 0.1) is 18.2 Å². The molecule has 0 saturated heterocycles. The van der Waals surface area contributed by atoms with E-state index in [2.05, 4.69) is 0 Å². The van der Waals surface area contributed by atoms with Crippen molar-refractivity contribution in [3.63, 3.8) is 0 Å². The number of nitriles is 2. The predicted molar refractivity (Wildman–Crippen MR) is 57.0 cm³/mol. The van der Waals surface area contributed by atoms with E-state index in [-0.39, 0.29) is 29.6 Å². The number of aliphatic hydroxyl groups excluding tert-OH is 1. The van der Waals surface area contributed by atoms with Crippen LogP contribution in [0.15, 0.2) is 0 Å². The molecule has 4 N–H and O–H groups in total. The average molecular weight is 225 g/mol. The van der Waals surface area contributed by atoms with Crippen LogP contribution in [0.5, 0.6) is 0 Å². The molecular weight excluding hydrogens is 209 g/mol. The molecule has 0 fully saturated rings. The summed E-state index contributed by atoms with van der Waals surface area (Å²) in [5, 5.41) is 31.2. The molecule has 0 unspecified atom stereocenters. The van der Waals surface area contributed by atoms with Gasteiger partial charge >= 0.3 is 35.5 Å². The van der Waals surface area contributed by atoms with Crippen molar-refractivity contribution in [3.05, 3.63) is 0 Å². The number of carboxylic acid groups (broad SMARTS) is 1. The first-order valence-corrected chi connectivity index (χ1v) is 3.67. The summed E-state index contributed by atoms with van der Waals surface area (Å²) >= 11 is 0. The van der Waals surface area contributed by atoms with Crippen molar-refractivity contribution in [1.82, 2.24) is 0 Å². The number of aliphatic hydroxyl groups is 1. The van der Waals surface area contributed by atoms with Crippen molar-refractivity contribution in [2.45, 2.75) is 32.9 Å². The Morgan fingerprint density at radius 1 is 1.33 bits per heavy atom. The number of nitrogens with zero attached hydrogens (tertiary/aromatic N) is 2. The van der Waals surface area contributed by atoms with Crippen LogP contribution in [-0.2, 0) is 4.79 Å². The van der Waals surface area contributed by atoms with E-state index < -0.39 is 18.1 Å². The van der Waals surface area contributed by atoms with Crippen LogP contribution < -0.4 is 5.73 Å². The maximum absolute atomic E-state index is 9.86. The van der Waals surface area contributed by atoms with E-state index in [4.69, 9.17) is 26.5 Å². The third-order valence-electron chi connectivity index (χ3n) is 0.805. The average Bonchev–Trinajstić information content (AvgIpc) is 2.05. The number of carboxylic acids is 1. The molecule has 6 nitrogen and oxygen atoms in total. The van der Waals surface area contributed by atoms with Gasteiger partial charge in [0.1, 0.15) is 6.04 Å². The van der Waals surface area contributed by atoms with Crippen LogP contribution in [0.3, 0.4) is 0 Å². The molecule has 2 atom stereocenters. The third kappa shape index (κ3) is 31.8. The molecule has 0 bridgehead atoms. The second-order valence-corrected chi connectivity index (χ2v) is 2.05. The first-order chi connectivity index (χ1) is 6.38. The van der Waals surface area contributed by atoms with Crippen molar-refractivity contribution in [3.8, 4) is 12.1 Å². The monoisotopic (exact) mass is 225 g/mol. The second-order valence-electron chi connectivity index (χ2n) is 2.05. The summed E-state index contributed by atoms with van der Waals surface area (Å²) < 4.78 is 0. The SMILES string of the molecule is CC#N.CC#N.C[C@@H](O)[C@H](N)C(=O)O.[NaH]. The normalized spacial score (nSPS) is 10.3. The molecule has 0 aromatic carbocycles. The van der Waals surface area contributed by atoms with E-state index in [1.165, 1.54) is 20.8 Å². The summed E-state index contributed by atoms with van der Waals surface area (Å²) in [5.41, 5.74) is 4.91. The molecule has 0 aliphatic heterocycles. The van der Waals surface area contributed by atoms with Crippen LogP contribution in [0.25, 0.3) is 0 Å². The Balaban J connectivity index is -0.0000000733. The fraction of sp³-hybridized carbons (Fsp3) is 0.625. The Hall–Kier alpha value is -0.630. The van der Waals surface area contributed by atoms with Crippen molar-refractivity contribution in [2.75, 3.05) is 0 Å². The van der Waals surface area contributed by atoms with Gasteiger partial charge in [0.2, 0.25) is 0 Å². The van der Waals surface area contributed by atoms with Gasteiger partial charge in [0.25, 0.3) is 0 Å². The van der Waals surface area contributed by atoms with Gasteiger partial charge in [-0.05, 0) is 6.92 Å². The van der Waals surface area contributed by atoms with Crippen LogP contribution in [-0.4, -0.2) is 57.9 Å². The quantitative estimate of drug-likeness (QED) is 0.527.